The van der Waals surface area contributed by atoms with Gasteiger partial charge in [0, 0.05) is 22.5 Å². The minimum absolute atomic E-state index is 0.0803. The van der Waals surface area contributed by atoms with E-state index in [0.717, 1.165) is 37.0 Å². The Morgan fingerprint density at radius 2 is 1.77 bits per heavy atom. The Labute approximate surface area is 186 Å². The zero-order valence-corrected chi connectivity index (χ0v) is 18.2. The van der Waals surface area contributed by atoms with Crippen molar-refractivity contribution in [2.75, 3.05) is 18.0 Å². The molecule has 0 bridgehead atoms. The molecule has 0 amide bonds. The van der Waals surface area contributed by atoms with Gasteiger partial charge >= 0.3 is 5.63 Å². The third-order valence-electron chi connectivity index (χ3n) is 6.34. The summed E-state index contributed by atoms with van der Waals surface area (Å²) in [5, 5.41) is 7.40. The minimum atomic E-state index is -0.338. The van der Waals surface area contributed by atoms with Crippen LogP contribution in [-0.2, 0) is 0 Å². The lowest BCUT2D eigenvalue weighted by Gasteiger charge is -2.41. The first kappa shape index (κ1) is 20.1. The van der Waals surface area contributed by atoms with Crippen LogP contribution in [0, 0.1) is 0 Å². The Morgan fingerprint density at radius 3 is 2.58 bits per heavy atom. The molecule has 31 heavy (non-hydrogen) atoms. The van der Waals surface area contributed by atoms with Crippen molar-refractivity contribution < 1.29 is 4.42 Å². The molecule has 0 aliphatic carbocycles. The molecule has 1 fully saturated rings. The lowest BCUT2D eigenvalue weighted by atomic mass is 9.96. The van der Waals surface area contributed by atoms with E-state index in [1.165, 1.54) is 16.3 Å². The third kappa shape index (κ3) is 3.93. The lowest BCUT2D eigenvalue weighted by Crippen LogP contribution is -2.44. The second-order valence-electron chi connectivity index (χ2n) is 8.26. The van der Waals surface area contributed by atoms with E-state index >= 15 is 0 Å². The van der Waals surface area contributed by atoms with E-state index in [0.29, 0.717) is 16.6 Å². The van der Waals surface area contributed by atoms with Gasteiger partial charge in [0.15, 0.2) is 0 Å². The van der Waals surface area contributed by atoms with E-state index in [-0.39, 0.29) is 11.7 Å². The summed E-state index contributed by atoms with van der Waals surface area (Å²) in [6.45, 7) is 4.15. The van der Waals surface area contributed by atoms with Crippen molar-refractivity contribution >= 4 is 39.0 Å². The average Bonchev–Trinajstić information content (AvgIpc) is 2.80. The molecule has 3 aromatic carbocycles. The highest BCUT2D eigenvalue weighted by Gasteiger charge is 2.28. The molecule has 2 heterocycles. The highest BCUT2D eigenvalue weighted by molar-refractivity contribution is 6.31. The van der Waals surface area contributed by atoms with E-state index in [1.54, 1.807) is 18.2 Å². The van der Waals surface area contributed by atoms with Crippen molar-refractivity contribution in [3.8, 4) is 0 Å². The van der Waals surface area contributed by atoms with Gasteiger partial charge in [-0.15, -0.1) is 0 Å². The highest BCUT2D eigenvalue weighted by atomic mass is 35.5. The summed E-state index contributed by atoms with van der Waals surface area (Å²) < 4.78 is 5.48. The first-order valence-electron chi connectivity index (χ1n) is 10.8. The second kappa shape index (κ2) is 8.37. The first-order valence-corrected chi connectivity index (χ1v) is 11.2. The van der Waals surface area contributed by atoms with Crippen LogP contribution in [0.1, 0.15) is 31.4 Å². The molecule has 5 rings (SSSR count). The fourth-order valence-electron chi connectivity index (χ4n) is 4.77. The van der Waals surface area contributed by atoms with Crippen LogP contribution < -0.4 is 15.8 Å². The fraction of sp³-hybridized carbons (Fsp3) is 0.269. The van der Waals surface area contributed by atoms with Crippen LogP contribution >= 0.6 is 11.6 Å². The molecule has 1 N–H and O–H groups in total. The monoisotopic (exact) mass is 432 g/mol. The fourth-order valence-corrected chi connectivity index (χ4v) is 4.94. The van der Waals surface area contributed by atoms with Gasteiger partial charge in [-0.1, -0.05) is 48.0 Å². The van der Waals surface area contributed by atoms with E-state index in [4.69, 9.17) is 16.0 Å². The number of halogens is 1. The predicted molar refractivity (Wildman–Crippen MR) is 128 cm³/mol. The van der Waals surface area contributed by atoms with Gasteiger partial charge in [-0.05, 0) is 73.5 Å². The summed E-state index contributed by atoms with van der Waals surface area (Å²) in [5.41, 5.74) is 2.34. The van der Waals surface area contributed by atoms with Crippen molar-refractivity contribution in [2.24, 2.45) is 0 Å². The molecule has 158 valence electrons. The standard InChI is InChI=1S/C26H25ClN2O2/c1-17(19-7-6-18-4-2-3-5-20(18)14-19)29(22-10-12-28-13-11-22)24-16-26(30)31-25-9-8-21(27)15-23(24)25/h2-9,14-17,22,28H,10-13H2,1H3. The summed E-state index contributed by atoms with van der Waals surface area (Å²) in [5.74, 6) is 0. The lowest BCUT2D eigenvalue weighted by molar-refractivity contribution is 0.409. The molecular weight excluding hydrogens is 408 g/mol. The smallest absolute Gasteiger partial charge is 0.338 e. The Kier molecular flexibility index (Phi) is 5.43. The van der Waals surface area contributed by atoms with Crippen molar-refractivity contribution in [3.05, 3.63) is 87.7 Å². The zero-order valence-electron chi connectivity index (χ0n) is 17.5. The van der Waals surface area contributed by atoms with Gasteiger partial charge in [0.2, 0.25) is 0 Å². The maximum Gasteiger partial charge on any atom is 0.338 e. The number of nitrogens with one attached hydrogen (secondary N) is 1. The Bertz CT molecular complexity index is 1290. The number of anilines is 1. The number of hydrogen-bond donors (Lipinski definition) is 1. The second-order valence-corrected chi connectivity index (χ2v) is 8.70. The number of nitrogens with zero attached hydrogens (tertiary/aromatic N) is 1. The van der Waals surface area contributed by atoms with Crippen LogP contribution in [0.15, 0.2) is 75.9 Å². The maximum absolute atomic E-state index is 12.5. The Hall–Kier alpha value is -2.82. The molecule has 1 saturated heterocycles. The summed E-state index contributed by atoms with van der Waals surface area (Å²) in [6, 6.07) is 22.5. The van der Waals surface area contributed by atoms with E-state index in [9.17, 15) is 4.79 Å². The van der Waals surface area contributed by atoms with Crippen LogP contribution in [0.2, 0.25) is 5.02 Å². The molecule has 1 aromatic heterocycles. The van der Waals surface area contributed by atoms with Crippen LogP contribution in [0.3, 0.4) is 0 Å². The third-order valence-corrected chi connectivity index (χ3v) is 6.57. The van der Waals surface area contributed by atoms with Crippen LogP contribution in [-0.4, -0.2) is 19.1 Å². The topological polar surface area (TPSA) is 45.5 Å². The Balaban J connectivity index is 1.68. The van der Waals surface area contributed by atoms with Gasteiger partial charge < -0.3 is 14.6 Å². The summed E-state index contributed by atoms with van der Waals surface area (Å²) >= 11 is 6.33. The minimum Gasteiger partial charge on any atom is -0.423 e. The number of hydrogen-bond acceptors (Lipinski definition) is 4. The van der Waals surface area contributed by atoms with Crippen molar-refractivity contribution in [2.45, 2.75) is 31.8 Å². The quantitative estimate of drug-likeness (QED) is 0.406. The largest absolute Gasteiger partial charge is 0.423 e. The van der Waals surface area contributed by atoms with Gasteiger partial charge in [0.1, 0.15) is 5.58 Å². The van der Waals surface area contributed by atoms with E-state index in [2.05, 4.69) is 59.6 Å². The van der Waals surface area contributed by atoms with Gasteiger partial charge in [-0.2, -0.15) is 0 Å². The van der Waals surface area contributed by atoms with Gasteiger partial charge in [0.05, 0.1) is 11.7 Å². The molecule has 0 spiro atoms. The number of rotatable bonds is 4. The van der Waals surface area contributed by atoms with Crippen molar-refractivity contribution in [1.29, 1.82) is 0 Å². The molecule has 1 atom stereocenters. The highest BCUT2D eigenvalue weighted by Crippen LogP contribution is 2.37. The van der Waals surface area contributed by atoms with Gasteiger partial charge in [-0.3, -0.25) is 0 Å². The number of piperidine rings is 1. The molecule has 1 unspecified atom stereocenters. The van der Waals surface area contributed by atoms with Gasteiger partial charge in [-0.25, -0.2) is 4.79 Å². The number of benzene rings is 3. The molecule has 1 aliphatic heterocycles. The molecule has 0 radical (unpaired) electrons. The SMILES string of the molecule is CC(c1ccc2ccccc2c1)N(c1cc(=O)oc2ccc(Cl)cc12)C1CCNCC1. The number of fused-ring (bicyclic) bond motifs is 2. The molecule has 4 nitrogen and oxygen atoms in total. The summed E-state index contributed by atoms with van der Waals surface area (Å²) in [6.07, 6.45) is 2.03. The molecule has 1 aliphatic rings. The summed E-state index contributed by atoms with van der Waals surface area (Å²) in [7, 11) is 0. The molecule has 4 aromatic rings. The Morgan fingerprint density at radius 1 is 1.00 bits per heavy atom. The van der Waals surface area contributed by atoms with Crippen LogP contribution in [0.25, 0.3) is 21.7 Å². The van der Waals surface area contributed by atoms with E-state index in [1.807, 2.05) is 6.07 Å². The van der Waals surface area contributed by atoms with Crippen LogP contribution in [0.4, 0.5) is 5.69 Å². The molecule has 5 heteroatoms. The van der Waals surface area contributed by atoms with Crippen molar-refractivity contribution in [1.82, 2.24) is 5.32 Å². The first-order chi connectivity index (χ1) is 15.1. The normalized spacial score (nSPS) is 15.9. The molecular formula is C26H25ClN2O2. The maximum atomic E-state index is 12.5. The predicted octanol–water partition coefficient (Wildman–Crippen LogP) is 5.92. The van der Waals surface area contributed by atoms with Crippen LogP contribution in [0.5, 0.6) is 0 Å². The average molecular weight is 433 g/mol. The van der Waals surface area contributed by atoms with E-state index < -0.39 is 0 Å². The molecule has 0 saturated carbocycles. The van der Waals surface area contributed by atoms with Gasteiger partial charge in [0.25, 0.3) is 0 Å². The summed E-state index contributed by atoms with van der Waals surface area (Å²) in [4.78, 5) is 14.9. The zero-order chi connectivity index (χ0) is 21.4. The van der Waals surface area contributed by atoms with Crippen molar-refractivity contribution in [3.63, 3.8) is 0 Å².